The Morgan fingerprint density at radius 1 is 1.08 bits per heavy atom. The molecule has 0 aromatic carbocycles. The molecule has 74 valence electrons. The smallest absolute Gasteiger partial charge is 1.00 e. The van der Waals surface area contributed by atoms with Gasteiger partial charge < -0.3 is 11.2 Å². The predicted octanol–water partition coefficient (Wildman–Crippen LogP) is 1.95. The average molecular weight is 237 g/mol. The van der Waals surface area contributed by atoms with E-state index in [1.807, 2.05) is 0 Å². The van der Waals surface area contributed by atoms with Gasteiger partial charge in [-0.15, -0.1) is 0 Å². The summed E-state index contributed by atoms with van der Waals surface area (Å²) in [5, 5.41) is 0. The minimum atomic E-state index is -0.333. The van der Waals surface area contributed by atoms with Crippen molar-refractivity contribution in [3.63, 3.8) is 0 Å². The molecule has 0 unspecified atom stereocenters. The third kappa shape index (κ3) is 10.3. The molecule has 0 aromatic rings. The Labute approximate surface area is 104 Å². The van der Waals surface area contributed by atoms with Crippen LogP contribution in [-0.2, 0) is 18.0 Å². The van der Waals surface area contributed by atoms with Crippen LogP contribution >= 0.6 is 22.1 Å². The van der Waals surface area contributed by atoms with E-state index in [0.29, 0.717) is 12.8 Å². The number of hydrogen-bond donors (Lipinski definition) is 0. The van der Waals surface area contributed by atoms with Crippen LogP contribution in [0, 0.1) is 0 Å². The molecule has 0 aliphatic heterocycles. The average Bonchev–Trinajstić information content (AvgIpc) is 2.11. The summed E-state index contributed by atoms with van der Waals surface area (Å²) in [7, 11) is 0. The molecule has 0 aliphatic carbocycles. The van der Waals surface area contributed by atoms with Crippen molar-refractivity contribution in [2.24, 2.45) is 0 Å². The maximum Gasteiger partial charge on any atom is 2.00 e. The Kier molecular flexibility index (Phi) is 12.8. The van der Waals surface area contributed by atoms with Crippen LogP contribution in [0.15, 0.2) is 0 Å². The van der Waals surface area contributed by atoms with Crippen molar-refractivity contribution in [1.82, 2.24) is 0 Å². The molecule has 0 rings (SSSR count). The maximum atomic E-state index is 10.5. The van der Waals surface area contributed by atoms with Crippen molar-refractivity contribution >= 4 is 57.1 Å². The fourth-order valence-corrected chi connectivity index (χ4v) is 1.29. The second-order valence-electron chi connectivity index (χ2n) is 1.75. The van der Waals surface area contributed by atoms with Gasteiger partial charge in [0.05, 0.1) is 0 Å². The predicted molar refractivity (Wildman–Crippen MR) is 55.9 cm³/mol. The van der Waals surface area contributed by atoms with Gasteiger partial charge in [0.15, 0.2) is 22.1 Å². The molecule has 0 heterocycles. The molecule has 0 aliphatic rings. The van der Waals surface area contributed by atoms with E-state index < -0.39 is 0 Å². The summed E-state index contributed by atoms with van der Waals surface area (Å²) in [5.74, 6) is -0.667. The monoisotopic (exact) mass is 236 g/mol. The Morgan fingerprint density at radius 2 is 1.38 bits per heavy atom. The molecule has 0 spiro atoms. The fraction of sp³-hybridized carbons (Fsp3) is 0.667. The van der Waals surface area contributed by atoms with Crippen LogP contribution in [-0.4, -0.2) is 35.0 Å². The van der Waals surface area contributed by atoms with Crippen molar-refractivity contribution in [3.8, 4) is 0 Å². The van der Waals surface area contributed by atoms with Gasteiger partial charge in [0, 0.05) is 12.8 Å². The molecule has 0 bridgehead atoms. The molecule has 0 saturated heterocycles. The summed E-state index contributed by atoms with van der Waals surface area (Å²) in [6.07, 6.45) is 0.630. The molecule has 0 aromatic heterocycles. The second-order valence-corrected chi connectivity index (χ2v) is 3.18. The normalized spacial score (nSPS) is 8.46. The number of carbonyl (C=O) groups is 2. The topological polar surface area (TPSA) is 52.6 Å². The van der Waals surface area contributed by atoms with Crippen LogP contribution in [0.3, 0.4) is 0 Å². The van der Waals surface area contributed by atoms with Crippen LogP contribution in [0.4, 0.5) is 0 Å². The molecule has 0 atom stereocenters. The second kappa shape index (κ2) is 10.5. The van der Waals surface area contributed by atoms with Gasteiger partial charge in [0.2, 0.25) is 0 Å². The van der Waals surface area contributed by atoms with Crippen LogP contribution in [0.5, 0.6) is 0 Å². The molecule has 0 amide bonds. The minimum Gasteiger partial charge on any atom is -1.00 e. The van der Waals surface area contributed by atoms with Crippen LogP contribution in [0.1, 0.15) is 29.5 Å². The summed E-state index contributed by atoms with van der Waals surface area (Å²) in [6, 6.07) is 0. The zero-order chi connectivity index (χ0) is 9.40. The zero-order valence-corrected chi connectivity index (χ0v) is 10.6. The van der Waals surface area contributed by atoms with Gasteiger partial charge in [-0.25, -0.2) is 0 Å². The van der Waals surface area contributed by atoms with E-state index >= 15 is 0 Å². The Bertz CT molecular complexity index is 155. The molecule has 7 heteroatoms. The van der Waals surface area contributed by atoms with Crippen molar-refractivity contribution in [2.75, 3.05) is 0 Å². The third-order valence-electron chi connectivity index (χ3n) is 0.859. The molecule has 0 fully saturated rings. The van der Waals surface area contributed by atoms with E-state index in [1.165, 1.54) is 0 Å². The van der Waals surface area contributed by atoms with Gasteiger partial charge >= 0.3 is 35.0 Å². The third-order valence-corrected chi connectivity index (χ3v) is 2.00. The van der Waals surface area contributed by atoms with Crippen LogP contribution in [0.25, 0.3) is 0 Å². The first-order valence-corrected chi connectivity index (χ1v) is 5.44. The SMILES string of the molecule is CCC(=O)OSSOC(=O)CC.[H-].[H-].[Mg+2]. The van der Waals surface area contributed by atoms with E-state index in [-0.39, 0.29) is 37.8 Å². The van der Waals surface area contributed by atoms with Gasteiger partial charge in [0.25, 0.3) is 0 Å². The molecule has 0 N–H and O–H groups in total. The molecule has 13 heavy (non-hydrogen) atoms. The van der Waals surface area contributed by atoms with E-state index in [2.05, 4.69) is 8.37 Å². The largest absolute Gasteiger partial charge is 2.00 e. The van der Waals surface area contributed by atoms with E-state index in [4.69, 9.17) is 0 Å². The fourth-order valence-electron chi connectivity index (χ4n) is 0.222. The molecular weight excluding hydrogens is 225 g/mol. The van der Waals surface area contributed by atoms with Gasteiger partial charge in [-0.3, -0.25) is 9.59 Å². The van der Waals surface area contributed by atoms with Gasteiger partial charge in [-0.1, -0.05) is 13.8 Å². The first-order chi connectivity index (χ1) is 5.70. The molecule has 4 nitrogen and oxygen atoms in total. The van der Waals surface area contributed by atoms with Crippen molar-refractivity contribution in [1.29, 1.82) is 0 Å². The summed E-state index contributed by atoms with van der Waals surface area (Å²) in [6.45, 7) is 3.37. The summed E-state index contributed by atoms with van der Waals surface area (Å²) in [5.41, 5.74) is 0. The van der Waals surface area contributed by atoms with E-state index in [1.54, 1.807) is 13.8 Å². The first-order valence-electron chi connectivity index (χ1n) is 3.44. The summed E-state index contributed by atoms with van der Waals surface area (Å²) >= 11 is 1.51. The van der Waals surface area contributed by atoms with Gasteiger partial charge in [-0.2, -0.15) is 0 Å². The zero-order valence-electron chi connectivity index (χ0n) is 9.57. The van der Waals surface area contributed by atoms with E-state index in [0.717, 1.165) is 22.1 Å². The maximum absolute atomic E-state index is 10.5. The Hall–Kier alpha value is 0.406. The van der Waals surface area contributed by atoms with Gasteiger partial charge in [-0.05, 0) is 0 Å². The molecule has 0 saturated carbocycles. The Morgan fingerprint density at radius 3 is 1.62 bits per heavy atom. The number of rotatable bonds is 5. The number of hydrogen-bond acceptors (Lipinski definition) is 6. The van der Waals surface area contributed by atoms with Crippen LogP contribution in [0.2, 0.25) is 0 Å². The first kappa shape index (κ1) is 15.9. The summed E-state index contributed by atoms with van der Waals surface area (Å²) in [4.78, 5) is 21.1. The van der Waals surface area contributed by atoms with Crippen molar-refractivity contribution < 1.29 is 20.8 Å². The quantitative estimate of drug-likeness (QED) is 0.315. The standard InChI is InChI=1S/C6H10O4S2.Mg.2H/c1-3-5(7)9-11-12-10-6(8)4-2;;;/h3-4H2,1-2H3;;;/q;+2;2*-1. The van der Waals surface area contributed by atoms with Gasteiger partial charge in [0.1, 0.15) is 0 Å². The molecular formula is C6H12MgO4S2. The minimum absolute atomic E-state index is 0. The van der Waals surface area contributed by atoms with Crippen molar-refractivity contribution in [3.05, 3.63) is 0 Å². The van der Waals surface area contributed by atoms with Crippen LogP contribution < -0.4 is 0 Å². The Balaban J connectivity index is -0.000000202. The number of carbonyl (C=O) groups excluding carboxylic acids is 2. The van der Waals surface area contributed by atoms with Crippen molar-refractivity contribution in [2.45, 2.75) is 26.7 Å². The van der Waals surface area contributed by atoms with E-state index in [9.17, 15) is 9.59 Å². The molecule has 0 radical (unpaired) electrons. The summed E-state index contributed by atoms with van der Waals surface area (Å²) < 4.78 is 9.10.